The molecule has 1 rings (SSSR count). The van der Waals surface area contributed by atoms with E-state index in [9.17, 15) is 4.39 Å². The zero-order chi connectivity index (χ0) is 12.0. The van der Waals surface area contributed by atoms with Crippen molar-refractivity contribution < 1.29 is 9.13 Å². The van der Waals surface area contributed by atoms with Crippen LogP contribution in [0.5, 0.6) is 5.88 Å². The molecule has 0 bridgehead atoms. The van der Waals surface area contributed by atoms with Gasteiger partial charge >= 0.3 is 0 Å². The highest BCUT2D eigenvalue weighted by atomic mass is 19.1. The summed E-state index contributed by atoms with van der Waals surface area (Å²) in [5.41, 5.74) is 0.581. The van der Waals surface area contributed by atoms with Gasteiger partial charge in [0.05, 0.1) is 6.61 Å². The first-order valence-electron chi connectivity index (χ1n) is 5.56. The molecular formula is C12H19FN2O. The van der Waals surface area contributed by atoms with E-state index in [0.29, 0.717) is 24.6 Å². The molecule has 0 aliphatic heterocycles. The number of rotatable bonds is 6. The van der Waals surface area contributed by atoms with Gasteiger partial charge in [0.1, 0.15) is 0 Å². The first kappa shape index (κ1) is 12.9. The lowest BCUT2D eigenvalue weighted by Crippen LogP contribution is -2.10. The van der Waals surface area contributed by atoms with E-state index in [1.165, 1.54) is 0 Å². The van der Waals surface area contributed by atoms with Crippen LogP contribution >= 0.6 is 0 Å². The predicted octanol–water partition coefficient (Wildman–Crippen LogP) is 2.37. The number of hydrogen-bond donors (Lipinski definition) is 1. The third-order valence-corrected chi connectivity index (χ3v) is 2.24. The third-order valence-electron chi connectivity index (χ3n) is 2.24. The van der Waals surface area contributed by atoms with Gasteiger partial charge in [0.15, 0.2) is 5.82 Å². The molecule has 0 unspecified atom stereocenters. The van der Waals surface area contributed by atoms with Gasteiger partial charge in [-0.25, -0.2) is 9.37 Å². The monoisotopic (exact) mass is 226 g/mol. The van der Waals surface area contributed by atoms with Crippen LogP contribution in [0.4, 0.5) is 4.39 Å². The molecule has 0 fully saturated rings. The highest BCUT2D eigenvalue weighted by molar-refractivity contribution is 5.23. The molecule has 0 saturated heterocycles. The summed E-state index contributed by atoms with van der Waals surface area (Å²) >= 11 is 0. The fourth-order valence-corrected chi connectivity index (χ4v) is 1.28. The van der Waals surface area contributed by atoms with Crippen molar-refractivity contribution in [2.75, 3.05) is 13.7 Å². The Balaban J connectivity index is 2.62. The molecule has 90 valence electrons. The van der Waals surface area contributed by atoms with Crippen LogP contribution in [-0.4, -0.2) is 18.6 Å². The lowest BCUT2D eigenvalue weighted by molar-refractivity contribution is 0.264. The summed E-state index contributed by atoms with van der Waals surface area (Å²) in [6.07, 6.45) is 2.47. The van der Waals surface area contributed by atoms with Crippen LogP contribution in [0.2, 0.25) is 0 Å². The average Bonchev–Trinajstić information content (AvgIpc) is 2.23. The van der Waals surface area contributed by atoms with Crippen molar-refractivity contribution in [3.63, 3.8) is 0 Å². The Kier molecular flexibility index (Phi) is 5.19. The second kappa shape index (κ2) is 6.43. The molecule has 0 atom stereocenters. The number of nitrogens with zero attached hydrogens (tertiary/aromatic N) is 1. The Labute approximate surface area is 96.0 Å². The van der Waals surface area contributed by atoms with E-state index >= 15 is 0 Å². The minimum atomic E-state index is -0.361. The van der Waals surface area contributed by atoms with E-state index in [1.54, 1.807) is 19.3 Å². The second-order valence-electron chi connectivity index (χ2n) is 4.15. The zero-order valence-corrected chi connectivity index (χ0v) is 10.1. The largest absolute Gasteiger partial charge is 0.476 e. The molecule has 0 radical (unpaired) electrons. The van der Waals surface area contributed by atoms with Crippen molar-refractivity contribution in [2.24, 2.45) is 5.92 Å². The summed E-state index contributed by atoms with van der Waals surface area (Å²) in [5.74, 6) is 0.289. The lowest BCUT2D eigenvalue weighted by atomic mass is 10.1. The van der Waals surface area contributed by atoms with Gasteiger partial charge in [-0.05, 0) is 25.5 Å². The summed E-state index contributed by atoms with van der Waals surface area (Å²) < 4.78 is 19.1. The van der Waals surface area contributed by atoms with Crippen molar-refractivity contribution in [1.29, 1.82) is 0 Å². The zero-order valence-electron chi connectivity index (χ0n) is 10.1. The second-order valence-corrected chi connectivity index (χ2v) is 4.15. The number of ether oxygens (including phenoxy) is 1. The van der Waals surface area contributed by atoms with E-state index in [4.69, 9.17) is 4.74 Å². The highest BCUT2D eigenvalue weighted by Crippen LogP contribution is 2.17. The first-order chi connectivity index (χ1) is 7.65. The van der Waals surface area contributed by atoms with Crippen LogP contribution in [0.15, 0.2) is 12.3 Å². The topological polar surface area (TPSA) is 34.2 Å². The van der Waals surface area contributed by atoms with Gasteiger partial charge in [-0.1, -0.05) is 13.8 Å². The minimum Gasteiger partial charge on any atom is -0.476 e. The maximum Gasteiger partial charge on any atom is 0.250 e. The molecule has 0 spiro atoms. The molecule has 1 N–H and O–H groups in total. The maximum absolute atomic E-state index is 13.8. The predicted molar refractivity (Wildman–Crippen MR) is 61.9 cm³/mol. The quantitative estimate of drug-likeness (QED) is 0.808. The molecule has 0 aliphatic carbocycles. The molecule has 1 heterocycles. The molecule has 0 aliphatic rings. The molecule has 1 aromatic heterocycles. The van der Waals surface area contributed by atoms with Gasteiger partial charge in [-0.15, -0.1) is 0 Å². The highest BCUT2D eigenvalue weighted by Gasteiger charge is 2.10. The van der Waals surface area contributed by atoms with Crippen LogP contribution in [0.3, 0.4) is 0 Å². The van der Waals surface area contributed by atoms with Gasteiger partial charge < -0.3 is 10.1 Å². The molecule has 0 saturated carbocycles. The first-order valence-corrected chi connectivity index (χ1v) is 5.56. The molecule has 0 amide bonds. The van der Waals surface area contributed by atoms with E-state index in [-0.39, 0.29) is 11.7 Å². The van der Waals surface area contributed by atoms with Crippen LogP contribution in [0.1, 0.15) is 25.8 Å². The van der Waals surface area contributed by atoms with Gasteiger partial charge in [0.25, 0.3) is 5.88 Å². The van der Waals surface area contributed by atoms with Crippen LogP contribution in [-0.2, 0) is 6.54 Å². The number of nitrogens with one attached hydrogen (secondary N) is 1. The van der Waals surface area contributed by atoms with E-state index in [0.717, 1.165) is 6.42 Å². The fraction of sp³-hybridized carbons (Fsp3) is 0.583. The summed E-state index contributed by atoms with van der Waals surface area (Å²) in [6.45, 7) is 5.19. The summed E-state index contributed by atoms with van der Waals surface area (Å²) in [4.78, 5) is 3.89. The van der Waals surface area contributed by atoms with Gasteiger partial charge in [0.2, 0.25) is 0 Å². The van der Waals surface area contributed by atoms with E-state index < -0.39 is 0 Å². The molecule has 1 aromatic rings. The molecule has 4 heteroatoms. The Bertz CT molecular complexity index is 329. The SMILES string of the molecule is CNCc1ccnc(OCCC(C)C)c1F. The van der Waals surface area contributed by atoms with Crippen molar-refractivity contribution in [2.45, 2.75) is 26.8 Å². The Morgan fingerprint density at radius 3 is 2.88 bits per heavy atom. The summed E-state index contributed by atoms with van der Waals surface area (Å²) in [7, 11) is 1.78. The standard InChI is InChI=1S/C12H19FN2O/c1-9(2)5-7-16-12-11(13)10(8-14-3)4-6-15-12/h4,6,9,14H,5,7-8H2,1-3H3. The average molecular weight is 226 g/mol. The number of hydrogen-bond acceptors (Lipinski definition) is 3. The third kappa shape index (κ3) is 3.77. The Morgan fingerprint density at radius 2 is 2.25 bits per heavy atom. The van der Waals surface area contributed by atoms with E-state index in [2.05, 4.69) is 24.1 Å². The van der Waals surface area contributed by atoms with Crippen molar-refractivity contribution in [1.82, 2.24) is 10.3 Å². The van der Waals surface area contributed by atoms with Crippen LogP contribution in [0, 0.1) is 11.7 Å². The van der Waals surface area contributed by atoms with Crippen molar-refractivity contribution in [3.8, 4) is 5.88 Å². The fourth-order valence-electron chi connectivity index (χ4n) is 1.28. The van der Waals surface area contributed by atoms with E-state index in [1.807, 2.05) is 0 Å². The Morgan fingerprint density at radius 1 is 1.50 bits per heavy atom. The lowest BCUT2D eigenvalue weighted by Gasteiger charge is -2.09. The van der Waals surface area contributed by atoms with Gasteiger partial charge in [0, 0.05) is 18.3 Å². The summed E-state index contributed by atoms with van der Waals surface area (Å²) in [5, 5.41) is 2.90. The number of halogens is 1. The molecule has 0 aromatic carbocycles. The van der Waals surface area contributed by atoms with Crippen LogP contribution < -0.4 is 10.1 Å². The normalized spacial score (nSPS) is 10.8. The van der Waals surface area contributed by atoms with Gasteiger partial charge in [-0.2, -0.15) is 0 Å². The Hall–Kier alpha value is -1.16. The molecular weight excluding hydrogens is 207 g/mol. The maximum atomic E-state index is 13.8. The van der Waals surface area contributed by atoms with Crippen molar-refractivity contribution >= 4 is 0 Å². The minimum absolute atomic E-state index is 0.105. The number of aromatic nitrogens is 1. The number of pyridine rings is 1. The smallest absolute Gasteiger partial charge is 0.250 e. The van der Waals surface area contributed by atoms with Crippen LogP contribution in [0.25, 0.3) is 0 Å². The van der Waals surface area contributed by atoms with Gasteiger partial charge in [-0.3, -0.25) is 0 Å². The molecule has 3 nitrogen and oxygen atoms in total. The van der Waals surface area contributed by atoms with Crippen molar-refractivity contribution in [3.05, 3.63) is 23.6 Å². The summed E-state index contributed by atoms with van der Waals surface area (Å²) in [6, 6.07) is 1.65. The molecule has 16 heavy (non-hydrogen) atoms.